The van der Waals surface area contributed by atoms with E-state index in [2.05, 4.69) is 16.0 Å². The van der Waals surface area contributed by atoms with Crippen molar-refractivity contribution in [2.75, 3.05) is 26.2 Å². The molecule has 6 N–H and O–H groups in total. The number of hydrogen-bond acceptors (Lipinski definition) is 7. The third-order valence-corrected chi connectivity index (χ3v) is 6.00. The standard InChI is InChI=1S/C28H45N5O6/c1-18(2)15-33(17-26(37)32-28(3,4)5)16-23(34)21-13-19-8-10-20(11-9-19)39-12-6-7-25(36)30-22(14-24(29)35)27(38)31-21/h8-11,18,21-23,34H,6-7,12-17H2,1-5H3,(H2,29,35)(H,30,36)(H,31,38)(H,32,37)/t21-,22-,23+/m0/s1. The molecule has 2 aliphatic heterocycles. The molecule has 0 spiro atoms. The van der Waals surface area contributed by atoms with Crippen LogP contribution < -0.4 is 26.4 Å². The van der Waals surface area contributed by atoms with Crippen LogP contribution in [-0.2, 0) is 25.6 Å². The summed E-state index contributed by atoms with van der Waals surface area (Å²) < 4.78 is 5.70. The molecule has 0 saturated carbocycles. The van der Waals surface area contributed by atoms with E-state index in [4.69, 9.17) is 10.5 Å². The van der Waals surface area contributed by atoms with Crippen molar-refractivity contribution < 1.29 is 29.0 Å². The number of nitrogens with two attached hydrogens (primary N) is 1. The second kappa shape index (κ2) is 14.8. The van der Waals surface area contributed by atoms with Crippen molar-refractivity contribution in [2.45, 2.75) is 84.0 Å². The molecule has 218 valence electrons. The first-order valence-electron chi connectivity index (χ1n) is 13.5. The zero-order chi connectivity index (χ0) is 29.2. The number of primary amides is 1. The first-order valence-corrected chi connectivity index (χ1v) is 13.5. The van der Waals surface area contributed by atoms with E-state index in [1.807, 2.05) is 51.7 Å². The molecule has 11 nitrogen and oxygen atoms in total. The predicted molar refractivity (Wildman–Crippen MR) is 148 cm³/mol. The normalized spacial score (nSPS) is 19.9. The molecular formula is C28H45N5O6. The monoisotopic (exact) mass is 547 g/mol. The van der Waals surface area contributed by atoms with Crippen LogP contribution >= 0.6 is 0 Å². The lowest BCUT2D eigenvalue weighted by Gasteiger charge is -2.32. The van der Waals surface area contributed by atoms with Gasteiger partial charge in [0.15, 0.2) is 0 Å². The maximum Gasteiger partial charge on any atom is 0.243 e. The average molecular weight is 548 g/mol. The first kappa shape index (κ1) is 32.0. The predicted octanol–water partition coefficient (Wildman–Crippen LogP) is 0.480. The molecule has 1 aromatic carbocycles. The van der Waals surface area contributed by atoms with Crippen molar-refractivity contribution >= 4 is 23.6 Å². The molecule has 0 aromatic heterocycles. The fourth-order valence-corrected chi connectivity index (χ4v) is 4.41. The molecule has 0 unspecified atom stereocenters. The summed E-state index contributed by atoms with van der Waals surface area (Å²) in [5, 5.41) is 19.7. The highest BCUT2D eigenvalue weighted by atomic mass is 16.5. The number of benzene rings is 1. The Morgan fingerprint density at radius 2 is 1.82 bits per heavy atom. The van der Waals surface area contributed by atoms with E-state index in [0.29, 0.717) is 25.3 Å². The Bertz CT molecular complexity index is 976. The summed E-state index contributed by atoms with van der Waals surface area (Å²) in [5.74, 6) is -1.05. The second-order valence-corrected chi connectivity index (χ2v) is 11.7. The number of hydrogen-bond donors (Lipinski definition) is 5. The Kier molecular flexibility index (Phi) is 12.2. The van der Waals surface area contributed by atoms with Crippen molar-refractivity contribution in [3.63, 3.8) is 0 Å². The van der Waals surface area contributed by atoms with Gasteiger partial charge in [-0.1, -0.05) is 26.0 Å². The van der Waals surface area contributed by atoms with Gasteiger partial charge in [0.05, 0.1) is 31.7 Å². The Morgan fingerprint density at radius 3 is 2.41 bits per heavy atom. The van der Waals surface area contributed by atoms with Gasteiger partial charge in [-0.05, 0) is 57.2 Å². The van der Waals surface area contributed by atoms with Crippen LogP contribution in [0, 0.1) is 5.92 Å². The molecule has 2 aliphatic rings. The van der Waals surface area contributed by atoms with E-state index >= 15 is 0 Å². The highest BCUT2D eigenvalue weighted by Gasteiger charge is 2.30. The molecule has 2 heterocycles. The topological polar surface area (TPSA) is 163 Å². The third kappa shape index (κ3) is 12.5. The van der Waals surface area contributed by atoms with Crippen LogP contribution in [0.25, 0.3) is 0 Å². The van der Waals surface area contributed by atoms with E-state index in [1.165, 1.54) is 0 Å². The van der Waals surface area contributed by atoms with Crippen LogP contribution in [0.3, 0.4) is 0 Å². The molecular weight excluding hydrogens is 502 g/mol. The number of fused-ring (bicyclic) bond motifs is 12. The SMILES string of the molecule is CC(C)CN(CC(=O)NC(C)(C)C)C[C@@H](O)[C@@H]1Cc2ccc(cc2)OCCCC(=O)N[C@@H](CC(N)=O)C(=O)N1. The number of nitrogens with zero attached hydrogens (tertiary/aromatic N) is 1. The summed E-state index contributed by atoms with van der Waals surface area (Å²) in [6.45, 7) is 10.8. The van der Waals surface area contributed by atoms with E-state index in [1.54, 1.807) is 12.1 Å². The minimum Gasteiger partial charge on any atom is -0.494 e. The lowest BCUT2D eigenvalue weighted by atomic mass is 9.99. The molecule has 3 rings (SSSR count). The molecule has 11 heteroatoms. The smallest absolute Gasteiger partial charge is 0.243 e. The maximum absolute atomic E-state index is 13.3. The molecule has 2 bridgehead atoms. The summed E-state index contributed by atoms with van der Waals surface area (Å²) in [6, 6.07) is 5.36. The number of aliphatic hydroxyl groups is 1. The Hall–Kier alpha value is -3.18. The molecule has 0 radical (unpaired) electrons. The van der Waals surface area contributed by atoms with E-state index in [9.17, 15) is 24.3 Å². The van der Waals surface area contributed by atoms with Gasteiger partial charge < -0.3 is 31.5 Å². The van der Waals surface area contributed by atoms with Crippen molar-refractivity contribution in [2.24, 2.45) is 11.7 Å². The first-order chi connectivity index (χ1) is 18.2. The molecule has 3 atom stereocenters. The number of aliphatic hydroxyl groups excluding tert-OH is 1. The average Bonchev–Trinajstić information content (AvgIpc) is 2.80. The Labute approximate surface area is 231 Å². The van der Waals surface area contributed by atoms with Gasteiger partial charge in [-0.2, -0.15) is 0 Å². The molecule has 0 fully saturated rings. The number of rotatable bonds is 9. The Morgan fingerprint density at radius 1 is 1.15 bits per heavy atom. The fraction of sp³-hybridized carbons (Fsp3) is 0.643. The summed E-state index contributed by atoms with van der Waals surface area (Å²) >= 11 is 0. The van der Waals surface area contributed by atoms with Gasteiger partial charge in [0, 0.05) is 25.0 Å². The number of carbonyl (C=O) groups is 4. The molecule has 4 amide bonds. The second-order valence-electron chi connectivity index (χ2n) is 11.7. The van der Waals surface area contributed by atoms with Gasteiger partial charge in [-0.15, -0.1) is 0 Å². The number of ether oxygens (including phenoxy) is 1. The van der Waals surface area contributed by atoms with E-state index < -0.39 is 41.4 Å². The summed E-state index contributed by atoms with van der Waals surface area (Å²) in [4.78, 5) is 51.9. The lowest BCUT2D eigenvalue weighted by molar-refractivity contribution is -0.132. The number of carbonyl (C=O) groups excluding carboxylic acids is 4. The van der Waals surface area contributed by atoms with Crippen molar-refractivity contribution in [1.29, 1.82) is 0 Å². The largest absolute Gasteiger partial charge is 0.494 e. The minimum absolute atomic E-state index is 0.0829. The molecule has 0 aliphatic carbocycles. The molecule has 0 saturated heterocycles. The van der Waals surface area contributed by atoms with Crippen LogP contribution in [0.5, 0.6) is 5.75 Å². The zero-order valence-electron chi connectivity index (χ0n) is 23.8. The fourth-order valence-electron chi connectivity index (χ4n) is 4.41. The van der Waals surface area contributed by atoms with Crippen LogP contribution in [0.15, 0.2) is 24.3 Å². The number of amides is 4. The van der Waals surface area contributed by atoms with Crippen molar-refractivity contribution in [1.82, 2.24) is 20.9 Å². The molecule has 1 aromatic rings. The quantitative estimate of drug-likeness (QED) is 0.300. The van der Waals surface area contributed by atoms with Gasteiger partial charge >= 0.3 is 0 Å². The van der Waals surface area contributed by atoms with Gasteiger partial charge in [0.25, 0.3) is 0 Å². The van der Waals surface area contributed by atoms with E-state index in [0.717, 1.165) is 5.56 Å². The van der Waals surface area contributed by atoms with Crippen molar-refractivity contribution in [3.8, 4) is 5.75 Å². The van der Waals surface area contributed by atoms with Gasteiger partial charge in [-0.25, -0.2) is 0 Å². The van der Waals surface area contributed by atoms with Crippen LogP contribution in [0.1, 0.15) is 59.4 Å². The third-order valence-electron chi connectivity index (χ3n) is 6.00. The lowest BCUT2D eigenvalue weighted by Crippen LogP contribution is -2.56. The van der Waals surface area contributed by atoms with Crippen LogP contribution in [-0.4, -0.2) is 83.6 Å². The summed E-state index contributed by atoms with van der Waals surface area (Å²) in [5.41, 5.74) is 5.80. The van der Waals surface area contributed by atoms with Gasteiger partial charge in [0.1, 0.15) is 11.8 Å². The Balaban J connectivity index is 2.30. The zero-order valence-corrected chi connectivity index (χ0v) is 23.8. The van der Waals surface area contributed by atoms with E-state index in [-0.39, 0.29) is 44.2 Å². The van der Waals surface area contributed by atoms with Gasteiger partial charge in [-0.3, -0.25) is 24.1 Å². The van der Waals surface area contributed by atoms with Crippen LogP contribution in [0.2, 0.25) is 0 Å². The summed E-state index contributed by atoms with van der Waals surface area (Å²) in [6.07, 6.45) is -0.639. The maximum atomic E-state index is 13.3. The number of nitrogens with one attached hydrogen (secondary N) is 3. The highest BCUT2D eigenvalue weighted by molar-refractivity contribution is 5.91. The van der Waals surface area contributed by atoms with Crippen LogP contribution in [0.4, 0.5) is 0 Å². The van der Waals surface area contributed by atoms with Crippen molar-refractivity contribution in [3.05, 3.63) is 29.8 Å². The highest BCUT2D eigenvalue weighted by Crippen LogP contribution is 2.16. The van der Waals surface area contributed by atoms with Gasteiger partial charge in [0.2, 0.25) is 23.6 Å². The summed E-state index contributed by atoms with van der Waals surface area (Å²) in [7, 11) is 0. The molecule has 39 heavy (non-hydrogen) atoms. The minimum atomic E-state index is -1.18.